The van der Waals surface area contributed by atoms with Crippen molar-refractivity contribution in [3.05, 3.63) is 75.3 Å². The molecular formula is C19H11N5O4S. The van der Waals surface area contributed by atoms with Crippen LogP contribution in [0.15, 0.2) is 53.6 Å². The summed E-state index contributed by atoms with van der Waals surface area (Å²) in [5.41, 5.74) is -0.265. The molecule has 0 radical (unpaired) electrons. The quantitative estimate of drug-likeness (QED) is 0.283. The maximum absolute atomic E-state index is 13.1. The van der Waals surface area contributed by atoms with Crippen molar-refractivity contribution in [3.8, 4) is 11.8 Å². The highest BCUT2D eigenvalue weighted by Crippen LogP contribution is 2.38. The molecule has 0 saturated carbocycles. The Morgan fingerprint density at radius 3 is 2.45 bits per heavy atom. The van der Waals surface area contributed by atoms with Gasteiger partial charge in [-0.3, -0.25) is 19.7 Å². The van der Waals surface area contributed by atoms with Crippen molar-refractivity contribution in [3.63, 3.8) is 0 Å². The van der Waals surface area contributed by atoms with E-state index in [9.17, 15) is 25.0 Å². The average molecular weight is 405 g/mol. The van der Waals surface area contributed by atoms with E-state index in [1.165, 1.54) is 34.6 Å². The smallest absolute Gasteiger partial charge is 0.268 e. The Morgan fingerprint density at radius 2 is 1.83 bits per heavy atom. The fourth-order valence-electron chi connectivity index (χ4n) is 3.20. The fourth-order valence-corrected chi connectivity index (χ4v) is 3.70. The second kappa shape index (κ2) is 6.88. The maximum atomic E-state index is 13.1. The molecule has 0 spiro atoms. The number of amides is 2. The van der Waals surface area contributed by atoms with Gasteiger partial charge in [-0.05, 0) is 24.5 Å². The first-order valence-corrected chi connectivity index (χ1v) is 9.50. The Labute approximate surface area is 168 Å². The van der Waals surface area contributed by atoms with E-state index in [0.717, 1.165) is 4.90 Å². The van der Waals surface area contributed by atoms with Gasteiger partial charge in [0, 0.05) is 6.07 Å². The predicted octanol–water partition coefficient (Wildman–Crippen LogP) is 3.17. The number of imide groups is 1. The molecule has 10 heteroatoms. The van der Waals surface area contributed by atoms with Gasteiger partial charge in [-0.2, -0.15) is 10.4 Å². The summed E-state index contributed by atoms with van der Waals surface area (Å²) in [4.78, 5) is 37.6. The number of fused-ring (bicyclic) bond motifs is 1. The molecular weight excluding hydrogens is 394 g/mol. The highest BCUT2D eigenvalue weighted by atomic mass is 32.2. The van der Waals surface area contributed by atoms with E-state index >= 15 is 0 Å². The molecule has 2 amide bonds. The van der Waals surface area contributed by atoms with Crippen LogP contribution in [0.3, 0.4) is 0 Å². The van der Waals surface area contributed by atoms with Crippen LogP contribution in [-0.4, -0.2) is 32.8 Å². The Balaban J connectivity index is 1.99. The summed E-state index contributed by atoms with van der Waals surface area (Å²) in [5.74, 6) is -1.64. The SMILES string of the molecule is CSc1nn(-c2ccccc2)c(N2C(=O)c3cccc([N+](=O)[O-])c3C2=O)c1C#N. The molecule has 0 fully saturated rings. The lowest BCUT2D eigenvalue weighted by Crippen LogP contribution is -2.32. The fraction of sp³-hybridized carbons (Fsp3) is 0.0526. The van der Waals surface area contributed by atoms with Gasteiger partial charge in [0.1, 0.15) is 22.2 Å². The number of anilines is 1. The second-order valence-electron chi connectivity index (χ2n) is 5.97. The zero-order valence-corrected chi connectivity index (χ0v) is 15.7. The molecule has 0 atom stereocenters. The summed E-state index contributed by atoms with van der Waals surface area (Å²) >= 11 is 1.19. The molecule has 1 aromatic heterocycles. The Morgan fingerprint density at radius 1 is 1.10 bits per heavy atom. The molecule has 1 aliphatic rings. The normalized spacial score (nSPS) is 12.8. The minimum absolute atomic E-state index is 0.0384. The number of nitro groups is 1. The molecule has 0 bridgehead atoms. The van der Waals surface area contributed by atoms with Crippen molar-refractivity contribution >= 4 is 35.1 Å². The molecule has 0 aliphatic carbocycles. The largest absolute Gasteiger partial charge is 0.283 e. The number of rotatable bonds is 4. The number of carbonyl (C=O) groups excluding carboxylic acids is 2. The zero-order valence-electron chi connectivity index (χ0n) is 14.9. The molecule has 1 aliphatic heterocycles. The molecule has 142 valence electrons. The van der Waals surface area contributed by atoms with Gasteiger partial charge in [0.15, 0.2) is 5.82 Å². The van der Waals surface area contributed by atoms with Crippen LogP contribution >= 0.6 is 11.8 Å². The van der Waals surface area contributed by atoms with Gasteiger partial charge < -0.3 is 0 Å². The molecule has 0 saturated heterocycles. The number of nitro benzene ring substituents is 1. The molecule has 3 aromatic rings. The van der Waals surface area contributed by atoms with Crippen LogP contribution in [-0.2, 0) is 0 Å². The summed E-state index contributed by atoms with van der Waals surface area (Å²) in [6, 6.07) is 14.6. The number of hydrogen-bond acceptors (Lipinski definition) is 7. The van der Waals surface area contributed by atoms with E-state index in [1.807, 2.05) is 6.07 Å². The van der Waals surface area contributed by atoms with E-state index in [-0.39, 0.29) is 22.5 Å². The number of carbonyl (C=O) groups is 2. The lowest BCUT2D eigenvalue weighted by Gasteiger charge is -2.16. The van der Waals surface area contributed by atoms with Crippen LogP contribution in [0.25, 0.3) is 5.69 Å². The van der Waals surface area contributed by atoms with Gasteiger partial charge in [0.2, 0.25) is 0 Å². The number of thioether (sulfide) groups is 1. The molecule has 0 N–H and O–H groups in total. The van der Waals surface area contributed by atoms with Gasteiger partial charge in [-0.1, -0.05) is 24.3 Å². The Bertz CT molecular complexity index is 1230. The molecule has 9 nitrogen and oxygen atoms in total. The third-order valence-corrected chi connectivity index (χ3v) is 5.11. The monoisotopic (exact) mass is 405 g/mol. The van der Waals surface area contributed by atoms with Crippen LogP contribution in [0.2, 0.25) is 0 Å². The van der Waals surface area contributed by atoms with E-state index in [2.05, 4.69) is 5.10 Å². The topological polar surface area (TPSA) is 122 Å². The first-order valence-electron chi connectivity index (χ1n) is 8.28. The third-order valence-electron chi connectivity index (χ3n) is 4.44. The number of hydrogen-bond donors (Lipinski definition) is 0. The van der Waals surface area contributed by atoms with Crippen LogP contribution in [0, 0.1) is 21.4 Å². The van der Waals surface area contributed by atoms with Gasteiger partial charge >= 0.3 is 0 Å². The van der Waals surface area contributed by atoms with E-state index in [4.69, 9.17) is 0 Å². The number of nitrogens with zero attached hydrogens (tertiary/aromatic N) is 5. The van der Waals surface area contributed by atoms with Gasteiger partial charge in [-0.15, -0.1) is 11.8 Å². The van der Waals surface area contributed by atoms with E-state index < -0.39 is 22.4 Å². The number of aromatic nitrogens is 2. The van der Waals surface area contributed by atoms with Crippen molar-refractivity contribution in [2.45, 2.75) is 5.03 Å². The summed E-state index contributed by atoms with van der Waals surface area (Å²) in [6.45, 7) is 0. The molecule has 2 aromatic carbocycles. The predicted molar refractivity (Wildman–Crippen MR) is 104 cm³/mol. The number of nitriles is 1. The van der Waals surface area contributed by atoms with Gasteiger partial charge in [-0.25, -0.2) is 9.58 Å². The molecule has 0 unspecified atom stereocenters. The summed E-state index contributed by atoms with van der Waals surface area (Å²) in [7, 11) is 0. The van der Waals surface area contributed by atoms with Crippen molar-refractivity contribution in [1.29, 1.82) is 5.26 Å². The lowest BCUT2D eigenvalue weighted by molar-refractivity contribution is -0.385. The van der Waals surface area contributed by atoms with Crippen molar-refractivity contribution in [1.82, 2.24) is 9.78 Å². The summed E-state index contributed by atoms with van der Waals surface area (Å²) < 4.78 is 1.33. The molecule has 2 heterocycles. The van der Waals surface area contributed by atoms with E-state index in [0.29, 0.717) is 10.7 Å². The van der Waals surface area contributed by atoms with Crippen LogP contribution < -0.4 is 4.90 Å². The minimum Gasteiger partial charge on any atom is -0.268 e. The summed E-state index contributed by atoms with van der Waals surface area (Å²) in [6.07, 6.45) is 1.72. The third kappa shape index (κ3) is 2.67. The molecule has 29 heavy (non-hydrogen) atoms. The second-order valence-corrected chi connectivity index (χ2v) is 6.76. The lowest BCUT2D eigenvalue weighted by atomic mass is 10.1. The minimum atomic E-state index is -0.862. The van der Waals surface area contributed by atoms with Crippen LogP contribution in [0.4, 0.5) is 11.5 Å². The zero-order chi connectivity index (χ0) is 20.7. The van der Waals surface area contributed by atoms with Crippen molar-refractivity contribution in [2.75, 3.05) is 11.2 Å². The van der Waals surface area contributed by atoms with Crippen molar-refractivity contribution in [2.24, 2.45) is 0 Å². The average Bonchev–Trinajstić information content (AvgIpc) is 3.23. The standard InChI is InChI=1S/C19H11N5O4S/c1-29-16-13(10-20)17(23(21-16)11-6-3-2-4-7-11)22-18(25)12-8-5-9-14(24(27)28)15(12)19(22)26/h2-9H,1H3. The summed E-state index contributed by atoms with van der Waals surface area (Å²) in [5, 5.41) is 25.8. The highest BCUT2D eigenvalue weighted by molar-refractivity contribution is 7.98. The highest BCUT2D eigenvalue weighted by Gasteiger charge is 2.45. The van der Waals surface area contributed by atoms with E-state index in [1.54, 1.807) is 36.6 Å². The molecule has 4 rings (SSSR count). The van der Waals surface area contributed by atoms with Gasteiger partial charge in [0.05, 0.1) is 16.2 Å². The number of benzene rings is 2. The Kier molecular flexibility index (Phi) is 4.37. The van der Waals surface area contributed by atoms with Gasteiger partial charge in [0.25, 0.3) is 17.5 Å². The first kappa shape index (κ1) is 18.4. The Hall–Kier alpha value is -3.97. The maximum Gasteiger partial charge on any atom is 0.283 e. The van der Waals surface area contributed by atoms with Crippen molar-refractivity contribution < 1.29 is 14.5 Å². The number of para-hydroxylation sites is 1. The van der Waals surface area contributed by atoms with Crippen LogP contribution in [0.5, 0.6) is 0 Å². The van der Waals surface area contributed by atoms with Crippen LogP contribution in [0.1, 0.15) is 26.3 Å². The first-order chi connectivity index (χ1) is 14.0.